The molecule has 2 aliphatic rings. The van der Waals surface area contributed by atoms with Gasteiger partial charge in [-0.3, -0.25) is 14.4 Å². The number of piperidine rings is 2. The monoisotopic (exact) mass is 268 g/mol. The van der Waals surface area contributed by atoms with Crippen LogP contribution in [0.1, 0.15) is 25.7 Å². The maximum atomic E-state index is 12.3. The summed E-state index contributed by atoms with van der Waals surface area (Å²) in [5.74, 6) is -1.61. The Morgan fingerprint density at radius 1 is 1.21 bits per heavy atom. The number of rotatable bonds is 2. The number of carboxylic acid groups (broad SMARTS) is 1. The molecule has 2 amide bonds. The van der Waals surface area contributed by atoms with Crippen LogP contribution in [-0.2, 0) is 14.4 Å². The fourth-order valence-corrected chi connectivity index (χ4v) is 2.79. The lowest BCUT2D eigenvalue weighted by Crippen LogP contribution is -2.48. The zero-order chi connectivity index (χ0) is 14.0. The van der Waals surface area contributed by atoms with Crippen LogP contribution >= 0.6 is 0 Å². The van der Waals surface area contributed by atoms with Crippen LogP contribution in [0.3, 0.4) is 0 Å². The van der Waals surface area contributed by atoms with Gasteiger partial charge in [0.1, 0.15) is 0 Å². The molecular weight excluding hydrogens is 248 g/mol. The molecule has 6 nitrogen and oxygen atoms in total. The highest BCUT2D eigenvalue weighted by Gasteiger charge is 2.34. The van der Waals surface area contributed by atoms with Gasteiger partial charge in [-0.15, -0.1) is 0 Å². The fraction of sp³-hybridized carbons (Fsp3) is 0.769. The number of nitrogens with zero attached hydrogens (tertiary/aromatic N) is 2. The Labute approximate surface area is 112 Å². The van der Waals surface area contributed by atoms with Crippen molar-refractivity contribution in [1.29, 1.82) is 0 Å². The Bertz CT molecular complexity index is 396. The number of hydrogen-bond donors (Lipinski definition) is 1. The molecule has 0 radical (unpaired) electrons. The van der Waals surface area contributed by atoms with Crippen molar-refractivity contribution < 1.29 is 19.5 Å². The van der Waals surface area contributed by atoms with E-state index in [0.717, 1.165) is 6.42 Å². The van der Waals surface area contributed by atoms with Gasteiger partial charge in [0.15, 0.2) is 0 Å². The lowest BCUT2D eigenvalue weighted by molar-refractivity contribution is -0.149. The van der Waals surface area contributed by atoms with Gasteiger partial charge in [-0.2, -0.15) is 0 Å². The normalized spacial score (nSPS) is 28.4. The highest BCUT2D eigenvalue weighted by molar-refractivity contribution is 5.87. The summed E-state index contributed by atoms with van der Waals surface area (Å²) in [6.07, 6.45) is 2.29. The number of aliphatic carboxylic acids is 1. The van der Waals surface area contributed by atoms with E-state index in [9.17, 15) is 14.4 Å². The smallest absolute Gasteiger partial charge is 0.308 e. The Morgan fingerprint density at radius 3 is 2.58 bits per heavy atom. The van der Waals surface area contributed by atoms with E-state index >= 15 is 0 Å². The van der Waals surface area contributed by atoms with Crippen LogP contribution in [0.5, 0.6) is 0 Å². The number of carboxylic acids is 1. The molecule has 0 spiro atoms. The zero-order valence-corrected chi connectivity index (χ0v) is 11.2. The van der Waals surface area contributed by atoms with Crippen LogP contribution in [0, 0.1) is 11.8 Å². The van der Waals surface area contributed by atoms with Crippen LogP contribution < -0.4 is 0 Å². The molecule has 6 heteroatoms. The lowest BCUT2D eigenvalue weighted by atomic mass is 9.92. The topological polar surface area (TPSA) is 77.9 Å². The summed E-state index contributed by atoms with van der Waals surface area (Å²) in [7, 11) is 1.74. The Hall–Kier alpha value is -1.59. The van der Waals surface area contributed by atoms with Crippen LogP contribution in [0.15, 0.2) is 0 Å². The first-order chi connectivity index (χ1) is 8.99. The summed E-state index contributed by atoms with van der Waals surface area (Å²) in [6.45, 7) is 1.50. The summed E-state index contributed by atoms with van der Waals surface area (Å²) in [4.78, 5) is 38.2. The highest BCUT2D eigenvalue weighted by Crippen LogP contribution is 2.23. The third-order valence-electron chi connectivity index (χ3n) is 4.09. The van der Waals surface area contributed by atoms with E-state index in [-0.39, 0.29) is 30.7 Å². The molecule has 0 saturated carbocycles. The zero-order valence-electron chi connectivity index (χ0n) is 11.2. The van der Waals surface area contributed by atoms with E-state index in [0.29, 0.717) is 25.9 Å². The van der Waals surface area contributed by atoms with Crippen LogP contribution in [0.2, 0.25) is 0 Å². The van der Waals surface area contributed by atoms with E-state index in [1.807, 2.05) is 0 Å². The molecular formula is C13H20N2O4. The molecule has 2 atom stereocenters. The molecule has 2 heterocycles. The molecule has 2 saturated heterocycles. The van der Waals surface area contributed by atoms with Crippen molar-refractivity contribution in [1.82, 2.24) is 9.80 Å². The average molecular weight is 268 g/mol. The van der Waals surface area contributed by atoms with Crippen molar-refractivity contribution in [2.45, 2.75) is 25.7 Å². The van der Waals surface area contributed by atoms with Crippen molar-refractivity contribution in [3.63, 3.8) is 0 Å². The second-order valence-corrected chi connectivity index (χ2v) is 5.47. The minimum atomic E-state index is -0.836. The van der Waals surface area contributed by atoms with Gasteiger partial charge in [0, 0.05) is 39.0 Å². The first-order valence-corrected chi connectivity index (χ1v) is 6.74. The summed E-state index contributed by atoms with van der Waals surface area (Å²) < 4.78 is 0. The molecule has 0 aliphatic carbocycles. The Balaban J connectivity index is 1.96. The number of carbonyl (C=O) groups excluding carboxylic acids is 2. The second-order valence-electron chi connectivity index (χ2n) is 5.47. The van der Waals surface area contributed by atoms with Gasteiger partial charge in [0.05, 0.1) is 5.92 Å². The van der Waals surface area contributed by atoms with E-state index in [2.05, 4.69) is 0 Å². The van der Waals surface area contributed by atoms with Crippen molar-refractivity contribution in [3.8, 4) is 0 Å². The largest absolute Gasteiger partial charge is 0.481 e. The number of carbonyl (C=O) groups is 3. The third kappa shape index (κ3) is 3.05. The first kappa shape index (κ1) is 13.8. The van der Waals surface area contributed by atoms with Crippen molar-refractivity contribution in [2.75, 3.05) is 26.7 Å². The maximum Gasteiger partial charge on any atom is 0.308 e. The molecule has 0 unspecified atom stereocenters. The molecule has 0 aromatic heterocycles. The van der Waals surface area contributed by atoms with E-state index in [4.69, 9.17) is 5.11 Å². The molecule has 0 aromatic rings. The predicted molar refractivity (Wildman–Crippen MR) is 67.3 cm³/mol. The number of amides is 2. The summed E-state index contributed by atoms with van der Waals surface area (Å²) in [5.41, 5.74) is 0. The van der Waals surface area contributed by atoms with Crippen LogP contribution in [-0.4, -0.2) is 59.4 Å². The van der Waals surface area contributed by atoms with Crippen LogP contribution in [0.25, 0.3) is 0 Å². The van der Waals surface area contributed by atoms with Gasteiger partial charge in [0.2, 0.25) is 11.8 Å². The molecule has 2 fully saturated rings. The predicted octanol–water partition coefficient (Wildman–Crippen LogP) is 0.178. The molecule has 1 N–H and O–H groups in total. The van der Waals surface area contributed by atoms with Crippen molar-refractivity contribution in [2.24, 2.45) is 11.8 Å². The lowest BCUT2D eigenvalue weighted by Gasteiger charge is -2.35. The van der Waals surface area contributed by atoms with Crippen LogP contribution in [0.4, 0.5) is 0 Å². The van der Waals surface area contributed by atoms with Gasteiger partial charge in [-0.25, -0.2) is 0 Å². The summed E-state index contributed by atoms with van der Waals surface area (Å²) in [5, 5.41) is 9.03. The first-order valence-electron chi connectivity index (χ1n) is 6.74. The number of likely N-dealkylation sites (tertiary alicyclic amines) is 2. The van der Waals surface area contributed by atoms with Gasteiger partial charge in [-0.05, 0) is 19.3 Å². The van der Waals surface area contributed by atoms with E-state index in [1.165, 1.54) is 0 Å². The minimum Gasteiger partial charge on any atom is -0.481 e. The van der Waals surface area contributed by atoms with Gasteiger partial charge >= 0.3 is 5.97 Å². The Kier molecular flexibility index (Phi) is 4.07. The molecule has 0 aromatic carbocycles. The summed E-state index contributed by atoms with van der Waals surface area (Å²) in [6, 6.07) is 0. The van der Waals surface area contributed by atoms with Gasteiger partial charge in [-0.1, -0.05) is 0 Å². The molecule has 2 rings (SSSR count). The molecule has 19 heavy (non-hydrogen) atoms. The highest BCUT2D eigenvalue weighted by atomic mass is 16.4. The average Bonchev–Trinajstić information content (AvgIpc) is 2.41. The SMILES string of the molecule is CN1CC[C@H](C(=O)N2CCC[C@H](C(=O)O)C2)CC1=O. The maximum absolute atomic E-state index is 12.3. The molecule has 106 valence electrons. The van der Waals surface area contributed by atoms with E-state index < -0.39 is 11.9 Å². The van der Waals surface area contributed by atoms with Crippen molar-refractivity contribution in [3.05, 3.63) is 0 Å². The number of hydrogen-bond acceptors (Lipinski definition) is 3. The van der Waals surface area contributed by atoms with Crippen molar-refractivity contribution >= 4 is 17.8 Å². The fourth-order valence-electron chi connectivity index (χ4n) is 2.79. The van der Waals surface area contributed by atoms with Gasteiger partial charge < -0.3 is 14.9 Å². The van der Waals surface area contributed by atoms with E-state index in [1.54, 1.807) is 16.8 Å². The Morgan fingerprint density at radius 2 is 1.95 bits per heavy atom. The van der Waals surface area contributed by atoms with Gasteiger partial charge in [0.25, 0.3) is 0 Å². The third-order valence-corrected chi connectivity index (χ3v) is 4.09. The quantitative estimate of drug-likeness (QED) is 0.775. The second kappa shape index (κ2) is 5.59. The molecule has 0 bridgehead atoms. The molecule has 2 aliphatic heterocycles. The minimum absolute atomic E-state index is 0.00334. The summed E-state index contributed by atoms with van der Waals surface area (Å²) >= 11 is 0. The standard InChI is InChI=1S/C13H20N2O4/c1-14-6-4-9(7-11(14)16)12(17)15-5-2-3-10(8-15)13(18)19/h9-10H,2-8H2,1H3,(H,18,19)/t9-,10-/m0/s1.